The zero-order valence-corrected chi connectivity index (χ0v) is 17.6. The number of halogens is 2. The zero-order chi connectivity index (χ0) is 23.1. The number of aromatic hydroxyl groups is 1. The van der Waals surface area contributed by atoms with E-state index in [1.54, 1.807) is 42.5 Å². The number of ether oxygens (including phenoxy) is 2. The topological polar surface area (TPSA) is 93.1 Å². The summed E-state index contributed by atoms with van der Waals surface area (Å²) in [6, 6.07) is 14.2. The number of carboxylic acids is 1. The molecule has 8 heteroatoms. The third kappa shape index (κ3) is 5.76. The smallest absolute Gasteiger partial charge is 0.303 e. The monoisotopic (exact) mass is 458 g/mol. The first-order valence-electron chi connectivity index (χ1n) is 9.72. The molecule has 0 fully saturated rings. The predicted molar refractivity (Wildman–Crippen MR) is 117 cm³/mol. The maximum Gasteiger partial charge on any atom is 0.303 e. The van der Waals surface area contributed by atoms with Crippen molar-refractivity contribution in [1.29, 1.82) is 0 Å². The fourth-order valence-electron chi connectivity index (χ4n) is 3.00. The van der Waals surface area contributed by atoms with E-state index in [-0.39, 0.29) is 47.3 Å². The second-order valence-corrected chi connectivity index (χ2v) is 7.31. The van der Waals surface area contributed by atoms with Crippen molar-refractivity contribution in [2.24, 2.45) is 0 Å². The Hall–Kier alpha value is -3.58. The number of aldehydes is 1. The highest BCUT2D eigenvalue weighted by molar-refractivity contribution is 6.32. The molecule has 0 aliphatic carbocycles. The molecule has 0 saturated heterocycles. The van der Waals surface area contributed by atoms with E-state index in [4.69, 9.17) is 26.2 Å². The highest BCUT2D eigenvalue weighted by Gasteiger charge is 2.14. The molecular weight excluding hydrogens is 439 g/mol. The van der Waals surface area contributed by atoms with Crippen LogP contribution in [0.4, 0.5) is 4.39 Å². The van der Waals surface area contributed by atoms with Crippen molar-refractivity contribution in [3.05, 3.63) is 76.6 Å². The van der Waals surface area contributed by atoms with E-state index in [1.165, 1.54) is 12.1 Å². The lowest BCUT2D eigenvalue weighted by Gasteiger charge is -2.13. The molecule has 0 amide bonds. The molecular formula is C24H20ClFO6. The minimum absolute atomic E-state index is 0.00995. The molecule has 0 heterocycles. The molecule has 0 spiro atoms. The van der Waals surface area contributed by atoms with Gasteiger partial charge in [0.25, 0.3) is 0 Å². The van der Waals surface area contributed by atoms with Crippen LogP contribution in [-0.2, 0) is 11.4 Å². The molecule has 0 aliphatic rings. The molecule has 0 saturated carbocycles. The van der Waals surface area contributed by atoms with Crippen LogP contribution in [0.1, 0.15) is 28.8 Å². The first-order valence-corrected chi connectivity index (χ1v) is 10.1. The third-order valence-electron chi connectivity index (χ3n) is 4.62. The van der Waals surface area contributed by atoms with Crippen molar-refractivity contribution in [3.8, 4) is 28.4 Å². The lowest BCUT2D eigenvalue weighted by Crippen LogP contribution is -2.02. The van der Waals surface area contributed by atoms with Crippen LogP contribution < -0.4 is 9.47 Å². The van der Waals surface area contributed by atoms with Gasteiger partial charge in [-0.2, -0.15) is 0 Å². The highest BCUT2D eigenvalue weighted by Crippen LogP contribution is 2.33. The first kappa shape index (κ1) is 23.1. The van der Waals surface area contributed by atoms with Crippen molar-refractivity contribution in [3.63, 3.8) is 0 Å². The summed E-state index contributed by atoms with van der Waals surface area (Å²) in [6.45, 7) is 0.0905. The van der Waals surface area contributed by atoms with Gasteiger partial charge in [0.05, 0.1) is 17.2 Å². The summed E-state index contributed by atoms with van der Waals surface area (Å²) in [5.74, 6) is -1.03. The van der Waals surface area contributed by atoms with Crippen LogP contribution in [0.5, 0.6) is 17.2 Å². The van der Waals surface area contributed by atoms with E-state index in [2.05, 4.69) is 0 Å². The van der Waals surface area contributed by atoms with E-state index in [0.29, 0.717) is 29.6 Å². The Morgan fingerprint density at radius 3 is 2.62 bits per heavy atom. The Balaban J connectivity index is 1.75. The molecule has 32 heavy (non-hydrogen) atoms. The van der Waals surface area contributed by atoms with Gasteiger partial charge in [0.1, 0.15) is 29.7 Å². The van der Waals surface area contributed by atoms with Crippen molar-refractivity contribution < 1.29 is 33.7 Å². The number of carbonyl (C=O) groups is 2. The van der Waals surface area contributed by atoms with E-state index in [1.807, 2.05) is 0 Å². The summed E-state index contributed by atoms with van der Waals surface area (Å²) in [5.41, 5.74) is 1.23. The minimum atomic E-state index is -0.889. The molecule has 0 bridgehead atoms. The van der Waals surface area contributed by atoms with Gasteiger partial charge >= 0.3 is 5.97 Å². The molecule has 3 aromatic rings. The molecule has 6 nitrogen and oxygen atoms in total. The van der Waals surface area contributed by atoms with Gasteiger partial charge < -0.3 is 19.7 Å². The minimum Gasteiger partial charge on any atom is -0.507 e. The molecule has 0 aromatic heterocycles. The number of carbonyl (C=O) groups excluding carboxylic acids is 1. The third-order valence-corrected chi connectivity index (χ3v) is 4.91. The summed E-state index contributed by atoms with van der Waals surface area (Å²) in [6.07, 6.45) is 0.848. The van der Waals surface area contributed by atoms with Crippen LogP contribution in [0.15, 0.2) is 54.6 Å². The Morgan fingerprint density at radius 1 is 1.09 bits per heavy atom. The highest BCUT2D eigenvalue weighted by atomic mass is 35.5. The van der Waals surface area contributed by atoms with Crippen molar-refractivity contribution in [1.82, 2.24) is 0 Å². The van der Waals surface area contributed by atoms with Gasteiger partial charge in [-0.05, 0) is 30.2 Å². The van der Waals surface area contributed by atoms with Crippen molar-refractivity contribution >= 4 is 23.9 Å². The number of benzene rings is 3. The zero-order valence-electron chi connectivity index (χ0n) is 16.9. The van der Waals surface area contributed by atoms with Crippen LogP contribution in [0, 0.1) is 5.82 Å². The van der Waals surface area contributed by atoms with Crippen molar-refractivity contribution in [2.75, 3.05) is 6.61 Å². The summed E-state index contributed by atoms with van der Waals surface area (Å²) in [4.78, 5) is 21.5. The lowest BCUT2D eigenvalue weighted by atomic mass is 10.0. The summed E-state index contributed by atoms with van der Waals surface area (Å²) < 4.78 is 26.3. The van der Waals surface area contributed by atoms with Gasteiger partial charge in [-0.15, -0.1) is 0 Å². The van der Waals surface area contributed by atoms with E-state index < -0.39 is 11.8 Å². The van der Waals surface area contributed by atoms with Crippen LogP contribution in [0.3, 0.4) is 0 Å². The van der Waals surface area contributed by atoms with Crippen LogP contribution in [0.2, 0.25) is 5.02 Å². The van der Waals surface area contributed by atoms with Crippen molar-refractivity contribution in [2.45, 2.75) is 19.4 Å². The van der Waals surface area contributed by atoms with Gasteiger partial charge in [-0.25, -0.2) is 4.39 Å². The molecule has 0 radical (unpaired) electrons. The van der Waals surface area contributed by atoms with Gasteiger partial charge in [0.15, 0.2) is 6.29 Å². The second-order valence-electron chi connectivity index (χ2n) is 6.90. The lowest BCUT2D eigenvalue weighted by molar-refractivity contribution is -0.137. The summed E-state index contributed by atoms with van der Waals surface area (Å²) in [7, 11) is 0. The maximum absolute atomic E-state index is 15.2. The summed E-state index contributed by atoms with van der Waals surface area (Å²) >= 11 is 6.06. The van der Waals surface area contributed by atoms with Crippen LogP contribution in [-0.4, -0.2) is 29.1 Å². The molecule has 3 rings (SSSR count). The standard InChI is InChI=1S/C24H20ClFO6/c25-20-11-17(13-27)21(28)12-22(20)32-14-16-5-2-7-19(24(16)26)15-4-1-6-18(10-15)31-9-3-8-23(29)30/h1-2,4-7,10-13,28H,3,8-9,14H2,(H,29,30). The number of aliphatic carboxylic acids is 1. The Kier molecular flexibility index (Phi) is 7.68. The maximum atomic E-state index is 15.2. The van der Waals surface area contributed by atoms with E-state index in [0.717, 1.165) is 0 Å². The number of phenols is 1. The molecule has 2 N–H and O–H groups in total. The molecule has 0 aliphatic heterocycles. The average molecular weight is 459 g/mol. The van der Waals surface area contributed by atoms with Gasteiger partial charge in [0, 0.05) is 23.6 Å². The fraction of sp³-hybridized carbons (Fsp3) is 0.167. The summed E-state index contributed by atoms with van der Waals surface area (Å²) in [5, 5.41) is 18.6. The normalized spacial score (nSPS) is 10.6. The number of phenolic OH excluding ortho intramolecular Hbond substituents is 1. The molecule has 166 valence electrons. The SMILES string of the molecule is O=Cc1cc(Cl)c(OCc2cccc(-c3cccc(OCCCC(=O)O)c3)c2F)cc1O. The Bertz CT molecular complexity index is 1130. The average Bonchev–Trinajstić information content (AvgIpc) is 2.78. The van der Waals surface area contributed by atoms with Crippen LogP contribution >= 0.6 is 11.6 Å². The quantitative estimate of drug-likeness (QED) is 0.308. The van der Waals surface area contributed by atoms with Gasteiger partial charge in [-0.1, -0.05) is 41.9 Å². The largest absolute Gasteiger partial charge is 0.507 e. The molecule has 3 aromatic carbocycles. The number of rotatable bonds is 10. The number of hydrogen-bond donors (Lipinski definition) is 2. The Labute approximate surface area is 188 Å². The number of carboxylic acid groups (broad SMARTS) is 1. The van der Waals surface area contributed by atoms with E-state index >= 15 is 4.39 Å². The van der Waals surface area contributed by atoms with E-state index in [9.17, 15) is 14.7 Å². The van der Waals surface area contributed by atoms with Gasteiger partial charge in [-0.3, -0.25) is 9.59 Å². The predicted octanol–water partition coefficient (Wildman–Crippen LogP) is 5.49. The first-order chi connectivity index (χ1) is 15.4. The second kappa shape index (κ2) is 10.6. The van der Waals surface area contributed by atoms with Gasteiger partial charge in [0.2, 0.25) is 0 Å². The molecule has 0 atom stereocenters. The fourth-order valence-corrected chi connectivity index (χ4v) is 3.23. The molecule has 0 unspecified atom stereocenters. The number of hydrogen-bond acceptors (Lipinski definition) is 5. The van der Waals surface area contributed by atoms with Crippen LogP contribution in [0.25, 0.3) is 11.1 Å². The Morgan fingerprint density at radius 2 is 1.88 bits per heavy atom.